The van der Waals surface area contributed by atoms with Crippen molar-refractivity contribution >= 4 is 22.2 Å². The van der Waals surface area contributed by atoms with Crippen molar-refractivity contribution in [3.8, 4) is 33.4 Å². The van der Waals surface area contributed by atoms with Crippen molar-refractivity contribution in [3.05, 3.63) is 54.8 Å². The molecule has 0 saturated carbocycles. The SMILES string of the molecule is c1c[nH]c(-c2c[nH]c3ccc(-c4nccs4)c(-c4ncco4)c23)n1. The maximum Gasteiger partial charge on any atom is 0.227 e. The molecule has 4 heterocycles. The van der Waals surface area contributed by atoms with Crippen molar-refractivity contribution in [3.63, 3.8) is 0 Å². The Kier molecular flexibility index (Phi) is 2.86. The predicted octanol–water partition coefficient (Wildman–Crippen LogP) is 4.34. The van der Waals surface area contributed by atoms with Crippen LogP contribution in [-0.2, 0) is 0 Å². The molecule has 116 valence electrons. The number of thiazole rings is 1. The van der Waals surface area contributed by atoms with Crippen molar-refractivity contribution in [2.45, 2.75) is 0 Å². The van der Waals surface area contributed by atoms with E-state index in [1.165, 1.54) is 0 Å². The lowest BCUT2D eigenvalue weighted by molar-refractivity contribution is 0.575. The van der Waals surface area contributed by atoms with Gasteiger partial charge in [0, 0.05) is 52.2 Å². The first-order chi connectivity index (χ1) is 11.9. The standard InChI is InChI=1S/C17H11N5OS/c1-2-12-13(11(9-22-12)15-18-3-4-19-15)14(16-20-5-7-23-16)10(1)17-21-6-8-24-17/h1-9,22H,(H,18,19). The van der Waals surface area contributed by atoms with Crippen LogP contribution < -0.4 is 0 Å². The number of nitrogens with one attached hydrogen (secondary N) is 2. The zero-order valence-corrected chi connectivity index (χ0v) is 13.2. The number of oxazole rings is 1. The van der Waals surface area contributed by atoms with Gasteiger partial charge < -0.3 is 14.4 Å². The van der Waals surface area contributed by atoms with E-state index >= 15 is 0 Å². The molecule has 0 amide bonds. The summed E-state index contributed by atoms with van der Waals surface area (Å²) in [5.41, 5.74) is 3.88. The highest BCUT2D eigenvalue weighted by molar-refractivity contribution is 7.13. The molecule has 7 heteroatoms. The highest BCUT2D eigenvalue weighted by Gasteiger charge is 2.21. The molecular weight excluding hydrogens is 322 g/mol. The van der Waals surface area contributed by atoms with Gasteiger partial charge in [-0.25, -0.2) is 15.0 Å². The maximum atomic E-state index is 5.63. The molecule has 0 aliphatic carbocycles. The first kappa shape index (κ1) is 13.3. The second kappa shape index (κ2) is 5.17. The van der Waals surface area contributed by atoms with Crippen LogP contribution in [-0.4, -0.2) is 24.9 Å². The third-order valence-electron chi connectivity index (χ3n) is 3.91. The topological polar surface area (TPSA) is 83.4 Å². The van der Waals surface area contributed by atoms with Gasteiger partial charge in [-0.2, -0.15) is 0 Å². The first-order valence-electron chi connectivity index (χ1n) is 7.35. The Hall–Kier alpha value is -3.19. The number of hydrogen-bond donors (Lipinski definition) is 2. The van der Waals surface area contributed by atoms with Gasteiger partial charge in [0.05, 0.1) is 11.8 Å². The van der Waals surface area contributed by atoms with Crippen molar-refractivity contribution in [2.24, 2.45) is 0 Å². The van der Waals surface area contributed by atoms with E-state index in [0.29, 0.717) is 5.89 Å². The minimum Gasteiger partial charge on any atom is -0.444 e. The van der Waals surface area contributed by atoms with E-state index in [4.69, 9.17) is 4.42 Å². The van der Waals surface area contributed by atoms with Crippen molar-refractivity contribution < 1.29 is 4.42 Å². The summed E-state index contributed by atoms with van der Waals surface area (Å²) in [5.74, 6) is 1.36. The van der Waals surface area contributed by atoms with E-state index < -0.39 is 0 Å². The molecule has 0 radical (unpaired) electrons. The molecular formula is C17H11N5OS. The van der Waals surface area contributed by atoms with Crippen LogP contribution in [0.1, 0.15) is 0 Å². The van der Waals surface area contributed by atoms with Gasteiger partial charge in [-0.3, -0.25) is 0 Å². The fourth-order valence-electron chi connectivity index (χ4n) is 2.93. The van der Waals surface area contributed by atoms with Gasteiger partial charge in [0.2, 0.25) is 5.89 Å². The predicted molar refractivity (Wildman–Crippen MR) is 92.5 cm³/mol. The van der Waals surface area contributed by atoms with E-state index in [2.05, 4.69) is 24.9 Å². The van der Waals surface area contributed by atoms with E-state index in [1.807, 2.05) is 29.9 Å². The third kappa shape index (κ3) is 1.92. The van der Waals surface area contributed by atoms with Gasteiger partial charge in [-0.15, -0.1) is 11.3 Å². The van der Waals surface area contributed by atoms with Gasteiger partial charge >= 0.3 is 0 Å². The normalized spacial score (nSPS) is 11.3. The number of rotatable bonds is 3. The lowest BCUT2D eigenvalue weighted by Crippen LogP contribution is -1.88. The first-order valence-corrected chi connectivity index (χ1v) is 8.23. The van der Waals surface area contributed by atoms with Gasteiger partial charge in [0.25, 0.3) is 0 Å². The van der Waals surface area contributed by atoms with E-state index in [1.54, 1.807) is 36.2 Å². The zero-order chi connectivity index (χ0) is 15.9. The average molecular weight is 333 g/mol. The molecule has 0 aliphatic rings. The number of benzene rings is 1. The highest BCUT2D eigenvalue weighted by atomic mass is 32.1. The number of fused-ring (bicyclic) bond motifs is 1. The molecule has 6 nitrogen and oxygen atoms in total. The zero-order valence-electron chi connectivity index (χ0n) is 12.4. The number of hydrogen-bond acceptors (Lipinski definition) is 5. The molecule has 0 spiro atoms. The Morgan fingerprint density at radius 3 is 2.71 bits per heavy atom. The number of H-pyrrole nitrogens is 2. The fraction of sp³-hybridized carbons (Fsp3) is 0. The number of aromatic nitrogens is 5. The van der Waals surface area contributed by atoms with Crippen molar-refractivity contribution in [1.29, 1.82) is 0 Å². The van der Waals surface area contributed by atoms with Crippen LogP contribution in [0.2, 0.25) is 0 Å². The molecule has 4 aromatic heterocycles. The molecule has 2 N–H and O–H groups in total. The fourth-order valence-corrected chi connectivity index (χ4v) is 3.60. The summed E-state index contributed by atoms with van der Waals surface area (Å²) in [5, 5.41) is 3.90. The summed E-state index contributed by atoms with van der Waals surface area (Å²) in [7, 11) is 0. The molecule has 24 heavy (non-hydrogen) atoms. The summed E-state index contributed by atoms with van der Waals surface area (Å²) in [4.78, 5) is 19.7. The third-order valence-corrected chi connectivity index (χ3v) is 4.72. The summed E-state index contributed by atoms with van der Waals surface area (Å²) in [6.45, 7) is 0. The molecule has 0 atom stereocenters. The Balaban J connectivity index is 1.91. The largest absolute Gasteiger partial charge is 0.444 e. The van der Waals surface area contributed by atoms with Gasteiger partial charge in [0.1, 0.15) is 17.1 Å². The van der Waals surface area contributed by atoms with Crippen LogP contribution >= 0.6 is 11.3 Å². The molecule has 0 fully saturated rings. The summed E-state index contributed by atoms with van der Waals surface area (Å²) < 4.78 is 5.63. The lowest BCUT2D eigenvalue weighted by Gasteiger charge is -2.07. The van der Waals surface area contributed by atoms with Crippen LogP contribution in [0.3, 0.4) is 0 Å². The van der Waals surface area contributed by atoms with E-state index in [0.717, 1.165) is 38.4 Å². The van der Waals surface area contributed by atoms with Crippen LogP contribution in [0, 0.1) is 0 Å². The summed E-state index contributed by atoms with van der Waals surface area (Å²) in [6.07, 6.45) is 10.5. The number of aromatic amines is 2. The number of imidazole rings is 1. The summed E-state index contributed by atoms with van der Waals surface area (Å²) in [6, 6.07) is 4.09. The average Bonchev–Trinajstić information content (AvgIpc) is 3.42. The monoisotopic (exact) mass is 333 g/mol. The van der Waals surface area contributed by atoms with Gasteiger partial charge in [-0.05, 0) is 12.1 Å². The Morgan fingerprint density at radius 1 is 0.958 bits per heavy atom. The van der Waals surface area contributed by atoms with E-state index in [-0.39, 0.29) is 0 Å². The number of nitrogens with zero attached hydrogens (tertiary/aromatic N) is 3. The minimum atomic E-state index is 0.568. The van der Waals surface area contributed by atoms with Crippen LogP contribution in [0.15, 0.2) is 59.2 Å². The van der Waals surface area contributed by atoms with Crippen molar-refractivity contribution in [2.75, 3.05) is 0 Å². The second-order valence-electron chi connectivity index (χ2n) is 5.23. The smallest absolute Gasteiger partial charge is 0.227 e. The molecule has 5 aromatic rings. The van der Waals surface area contributed by atoms with Crippen molar-refractivity contribution in [1.82, 2.24) is 24.9 Å². The Labute approximate surface area is 140 Å². The molecule has 0 aliphatic heterocycles. The van der Waals surface area contributed by atoms with Gasteiger partial charge in [0.15, 0.2) is 0 Å². The Bertz CT molecular complexity index is 1090. The second-order valence-corrected chi connectivity index (χ2v) is 6.12. The van der Waals surface area contributed by atoms with Crippen LogP contribution in [0.25, 0.3) is 44.3 Å². The highest BCUT2D eigenvalue weighted by Crippen LogP contribution is 2.41. The Morgan fingerprint density at radius 2 is 1.96 bits per heavy atom. The minimum absolute atomic E-state index is 0.568. The molecule has 5 rings (SSSR count). The van der Waals surface area contributed by atoms with Gasteiger partial charge in [-0.1, -0.05) is 0 Å². The quantitative estimate of drug-likeness (QED) is 0.514. The molecule has 0 unspecified atom stereocenters. The van der Waals surface area contributed by atoms with E-state index in [9.17, 15) is 0 Å². The lowest BCUT2D eigenvalue weighted by atomic mass is 10.00. The van der Waals surface area contributed by atoms with Crippen LogP contribution in [0.5, 0.6) is 0 Å². The van der Waals surface area contributed by atoms with Crippen LogP contribution in [0.4, 0.5) is 0 Å². The summed E-state index contributed by atoms with van der Waals surface area (Å²) >= 11 is 1.59. The molecule has 1 aromatic carbocycles. The molecule has 0 bridgehead atoms. The molecule has 0 saturated heterocycles. The maximum absolute atomic E-state index is 5.63.